The predicted octanol–water partition coefficient (Wildman–Crippen LogP) is 4.71. The molecule has 0 aromatic heterocycles. The first kappa shape index (κ1) is 21.0. The zero-order chi connectivity index (χ0) is 21.3. The summed E-state index contributed by atoms with van der Waals surface area (Å²) in [7, 11) is -3.78. The Hall–Kier alpha value is -2.28. The first-order chi connectivity index (χ1) is 14.4. The summed E-state index contributed by atoms with van der Waals surface area (Å²) in [6, 6.07) is 14.9. The maximum atomic E-state index is 13.4. The molecule has 1 aliphatic heterocycles. The van der Waals surface area contributed by atoms with Crippen LogP contribution in [0.25, 0.3) is 10.8 Å². The molecule has 0 bridgehead atoms. The maximum absolute atomic E-state index is 13.4. The molecule has 2 N–H and O–H groups in total. The summed E-state index contributed by atoms with van der Waals surface area (Å²) in [6.45, 7) is 7.48. The number of rotatable bonds is 4. The summed E-state index contributed by atoms with van der Waals surface area (Å²) in [4.78, 5) is 2.61. The number of fused-ring (bicyclic) bond motifs is 1. The summed E-state index contributed by atoms with van der Waals surface area (Å²) >= 11 is 6.11. The molecule has 0 saturated carbocycles. The second kappa shape index (κ2) is 8.46. The lowest BCUT2D eigenvalue weighted by atomic mass is 10.1. The fourth-order valence-electron chi connectivity index (χ4n) is 4.11. The molecule has 1 aliphatic rings. The summed E-state index contributed by atoms with van der Waals surface area (Å²) in [5.74, 6) is 0. The number of halogens is 1. The number of benzene rings is 3. The average molecular weight is 444 g/mol. The Balaban J connectivity index is 1.79. The van der Waals surface area contributed by atoms with Crippen LogP contribution >= 0.6 is 11.6 Å². The van der Waals surface area contributed by atoms with Crippen LogP contribution in [0.4, 0.5) is 11.4 Å². The van der Waals surface area contributed by atoms with Gasteiger partial charge in [-0.25, -0.2) is 8.42 Å². The molecular weight excluding hydrogens is 418 g/mol. The number of nitrogens with zero attached hydrogens (tertiary/aromatic N) is 1. The largest absolute Gasteiger partial charge is 0.370 e. The lowest BCUT2D eigenvalue weighted by Gasteiger charge is -2.25. The third kappa shape index (κ3) is 4.13. The van der Waals surface area contributed by atoms with Crippen LogP contribution < -0.4 is 14.9 Å². The van der Waals surface area contributed by atoms with Gasteiger partial charge in [-0.15, -0.1) is 0 Å². The van der Waals surface area contributed by atoms with Crippen molar-refractivity contribution in [1.29, 1.82) is 0 Å². The van der Waals surface area contributed by atoms with Crippen molar-refractivity contribution >= 4 is 43.8 Å². The quantitative estimate of drug-likeness (QED) is 0.613. The minimum absolute atomic E-state index is 0.281. The smallest absolute Gasteiger partial charge is 0.262 e. The van der Waals surface area contributed by atoms with Crippen molar-refractivity contribution in [3.8, 4) is 0 Å². The van der Waals surface area contributed by atoms with Crippen LogP contribution in [0.15, 0.2) is 53.4 Å². The number of hydrogen-bond acceptors (Lipinski definition) is 4. The molecule has 0 radical (unpaired) electrons. The van der Waals surface area contributed by atoms with Crippen LogP contribution in [0, 0.1) is 13.8 Å². The highest BCUT2D eigenvalue weighted by molar-refractivity contribution is 7.93. The molecule has 3 aromatic rings. The van der Waals surface area contributed by atoms with Gasteiger partial charge in [-0.1, -0.05) is 35.9 Å². The third-order valence-electron chi connectivity index (χ3n) is 5.57. The van der Waals surface area contributed by atoms with Crippen LogP contribution in [0.3, 0.4) is 0 Å². The van der Waals surface area contributed by atoms with Crippen LogP contribution in [0.5, 0.6) is 0 Å². The van der Waals surface area contributed by atoms with Gasteiger partial charge < -0.3 is 10.2 Å². The van der Waals surface area contributed by atoms with E-state index in [1.165, 1.54) is 0 Å². The Kier molecular flexibility index (Phi) is 5.91. The van der Waals surface area contributed by atoms with E-state index in [1.807, 2.05) is 44.2 Å². The van der Waals surface area contributed by atoms with Crippen molar-refractivity contribution in [2.75, 3.05) is 35.8 Å². The van der Waals surface area contributed by atoms with Crippen molar-refractivity contribution < 1.29 is 8.42 Å². The SMILES string of the molecule is Cc1cc(Cl)cc(C)c1NS(=O)(=O)c1ccc(N2CCCNCC2)c2ccccc12. The molecule has 0 spiro atoms. The molecule has 0 amide bonds. The van der Waals surface area contributed by atoms with Gasteiger partial charge in [0.25, 0.3) is 10.0 Å². The van der Waals surface area contributed by atoms with Gasteiger partial charge in [0.1, 0.15) is 0 Å². The topological polar surface area (TPSA) is 61.4 Å². The summed E-state index contributed by atoms with van der Waals surface area (Å²) in [5, 5.41) is 5.68. The van der Waals surface area contributed by atoms with Gasteiger partial charge in [0, 0.05) is 41.1 Å². The molecule has 0 unspecified atom stereocenters. The molecule has 3 aromatic carbocycles. The van der Waals surface area contributed by atoms with E-state index in [0.29, 0.717) is 10.7 Å². The number of aryl methyl sites for hydroxylation is 2. The summed E-state index contributed by atoms with van der Waals surface area (Å²) in [5.41, 5.74) is 3.24. The van der Waals surface area contributed by atoms with E-state index in [-0.39, 0.29) is 4.90 Å². The second-order valence-electron chi connectivity index (χ2n) is 7.74. The molecule has 1 fully saturated rings. The van der Waals surface area contributed by atoms with Crippen LogP contribution in [-0.4, -0.2) is 34.6 Å². The Labute approximate surface area is 183 Å². The number of hydrogen-bond donors (Lipinski definition) is 2. The maximum Gasteiger partial charge on any atom is 0.262 e. The normalized spacial score (nSPS) is 15.2. The first-order valence-electron chi connectivity index (χ1n) is 10.1. The van der Waals surface area contributed by atoms with Crippen LogP contribution in [-0.2, 0) is 10.0 Å². The molecule has 4 rings (SSSR count). The van der Waals surface area contributed by atoms with E-state index < -0.39 is 10.0 Å². The van der Waals surface area contributed by atoms with Gasteiger partial charge in [0.05, 0.1) is 10.6 Å². The van der Waals surface area contributed by atoms with Crippen molar-refractivity contribution in [2.45, 2.75) is 25.2 Å². The van der Waals surface area contributed by atoms with Crippen molar-refractivity contribution in [2.24, 2.45) is 0 Å². The van der Waals surface area contributed by atoms with Crippen molar-refractivity contribution in [3.05, 3.63) is 64.7 Å². The van der Waals surface area contributed by atoms with Gasteiger partial charge in [0.15, 0.2) is 0 Å². The zero-order valence-corrected chi connectivity index (χ0v) is 18.8. The first-order valence-corrected chi connectivity index (χ1v) is 12.0. The molecule has 158 valence electrons. The van der Waals surface area contributed by atoms with Gasteiger partial charge in [-0.3, -0.25) is 4.72 Å². The lowest BCUT2D eigenvalue weighted by Crippen LogP contribution is -2.28. The summed E-state index contributed by atoms with van der Waals surface area (Å²) in [6.07, 6.45) is 1.06. The highest BCUT2D eigenvalue weighted by Crippen LogP contribution is 2.34. The molecular formula is C23H26ClN3O2S. The van der Waals surface area contributed by atoms with Gasteiger partial charge in [0.2, 0.25) is 0 Å². The highest BCUT2D eigenvalue weighted by Gasteiger charge is 2.22. The number of anilines is 2. The third-order valence-corrected chi connectivity index (χ3v) is 7.19. The van der Waals surface area contributed by atoms with E-state index in [4.69, 9.17) is 11.6 Å². The fourth-order valence-corrected chi connectivity index (χ4v) is 5.86. The molecule has 7 heteroatoms. The van der Waals surface area contributed by atoms with Crippen molar-refractivity contribution in [3.63, 3.8) is 0 Å². The van der Waals surface area contributed by atoms with Crippen molar-refractivity contribution in [1.82, 2.24) is 5.32 Å². The number of sulfonamides is 1. The van der Waals surface area contributed by atoms with Crippen LogP contribution in [0.1, 0.15) is 17.5 Å². The molecule has 0 atom stereocenters. The van der Waals surface area contributed by atoms with Gasteiger partial charge >= 0.3 is 0 Å². The van der Waals surface area contributed by atoms with Gasteiger partial charge in [-0.05, 0) is 62.2 Å². The Morgan fingerprint density at radius 1 is 0.967 bits per heavy atom. The Bertz CT molecular complexity index is 1160. The Morgan fingerprint density at radius 2 is 1.67 bits per heavy atom. The molecule has 30 heavy (non-hydrogen) atoms. The second-order valence-corrected chi connectivity index (χ2v) is 9.83. The molecule has 0 aliphatic carbocycles. The number of nitrogens with one attached hydrogen (secondary N) is 2. The fraction of sp³-hybridized carbons (Fsp3) is 0.304. The highest BCUT2D eigenvalue weighted by atomic mass is 35.5. The molecule has 1 heterocycles. The zero-order valence-electron chi connectivity index (χ0n) is 17.2. The Morgan fingerprint density at radius 3 is 2.40 bits per heavy atom. The lowest BCUT2D eigenvalue weighted by molar-refractivity contribution is 0.602. The standard InChI is InChI=1S/C23H26ClN3O2S/c1-16-14-18(24)15-17(2)23(16)26-30(28,29)22-9-8-21(19-6-3-4-7-20(19)22)27-12-5-10-25-11-13-27/h3-4,6-9,14-15,25-26H,5,10-13H2,1-2H3. The molecule has 5 nitrogen and oxygen atoms in total. The summed E-state index contributed by atoms with van der Waals surface area (Å²) < 4.78 is 29.5. The van der Waals surface area contributed by atoms with E-state index in [1.54, 1.807) is 18.2 Å². The van der Waals surface area contributed by atoms with E-state index >= 15 is 0 Å². The van der Waals surface area contributed by atoms with E-state index in [2.05, 4.69) is 14.9 Å². The van der Waals surface area contributed by atoms with Gasteiger partial charge in [-0.2, -0.15) is 0 Å². The van der Waals surface area contributed by atoms with Crippen LogP contribution in [0.2, 0.25) is 5.02 Å². The average Bonchev–Trinajstić information content (AvgIpc) is 2.99. The molecule has 1 saturated heterocycles. The predicted molar refractivity (Wildman–Crippen MR) is 125 cm³/mol. The minimum atomic E-state index is -3.78. The minimum Gasteiger partial charge on any atom is -0.370 e. The van der Waals surface area contributed by atoms with E-state index in [9.17, 15) is 8.42 Å². The van der Waals surface area contributed by atoms with E-state index in [0.717, 1.165) is 60.2 Å². The monoisotopic (exact) mass is 443 g/mol.